The molecule has 1 saturated carbocycles. The number of halogens is 1. The predicted molar refractivity (Wildman–Crippen MR) is 73.7 cm³/mol. The highest BCUT2D eigenvalue weighted by Crippen LogP contribution is 2.35. The molecular weight excluding hydrogens is 245 g/mol. The molecule has 0 atom stereocenters. The molecule has 1 aliphatic carbocycles. The molecular formula is C15H18FNO2. The number of carboxylic acid groups (broad SMARTS) is 1. The number of carboxylic acids is 1. The lowest BCUT2D eigenvalue weighted by molar-refractivity contribution is -0.131. The van der Waals surface area contributed by atoms with Gasteiger partial charge in [0.1, 0.15) is 5.82 Å². The molecule has 0 unspecified atom stereocenters. The van der Waals surface area contributed by atoms with Gasteiger partial charge in [0.25, 0.3) is 0 Å². The van der Waals surface area contributed by atoms with Crippen LogP contribution in [0.25, 0.3) is 6.08 Å². The maximum atomic E-state index is 13.9. The summed E-state index contributed by atoms with van der Waals surface area (Å²) in [6, 6.07) is 5.37. The van der Waals surface area contributed by atoms with E-state index in [0.717, 1.165) is 37.6 Å². The van der Waals surface area contributed by atoms with E-state index in [4.69, 9.17) is 5.11 Å². The van der Waals surface area contributed by atoms with Crippen molar-refractivity contribution in [3.05, 3.63) is 35.7 Å². The van der Waals surface area contributed by atoms with Crippen molar-refractivity contribution in [2.45, 2.75) is 32.2 Å². The van der Waals surface area contributed by atoms with E-state index in [1.807, 2.05) is 6.07 Å². The third-order valence-electron chi connectivity index (χ3n) is 3.18. The van der Waals surface area contributed by atoms with Crippen LogP contribution >= 0.6 is 0 Å². The Kier molecular flexibility index (Phi) is 4.20. The zero-order chi connectivity index (χ0) is 13.8. The second-order valence-corrected chi connectivity index (χ2v) is 4.77. The average molecular weight is 263 g/mol. The van der Waals surface area contributed by atoms with Gasteiger partial charge in [-0.05, 0) is 37.5 Å². The molecule has 2 rings (SSSR count). The second kappa shape index (κ2) is 5.87. The Hall–Kier alpha value is -1.84. The number of hydrogen-bond acceptors (Lipinski definition) is 2. The summed E-state index contributed by atoms with van der Waals surface area (Å²) in [4.78, 5) is 12.8. The largest absolute Gasteiger partial charge is 0.478 e. The molecule has 0 aliphatic heterocycles. The van der Waals surface area contributed by atoms with Gasteiger partial charge in [0, 0.05) is 29.9 Å². The SMILES string of the molecule is CCCN(c1cccc(F)c1/C=C/C(=O)O)C1CC1. The molecule has 102 valence electrons. The first kappa shape index (κ1) is 13.6. The smallest absolute Gasteiger partial charge is 0.328 e. The lowest BCUT2D eigenvalue weighted by atomic mass is 10.1. The number of carbonyl (C=O) groups is 1. The summed E-state index contributed by atoms with van der Waals surface area (Å²) in [6.07, 6.45) is 5.56. The van der Waals surface area contributed by atoms with Gasteiger partial charge in [0.2, 0.25) is 0 Å². The Balaban J connectivity index is 2.37. The fourth-order valence-corrected chi connectivity index (χ4v) is 2.22. The van der Waals surface area contributed by atoms with E-state index in [1.165, 1.54) is 12.1 Å². The molecule has 0 saturated heterocycles. The van der Waals surface area contributed by atoms with Gasteiger partial charge in [0.05, 0.1) is 0 Å². The molecule has 3 nitrogen and oxygen atoms in total. The second-order valence-electron chi connectivity index (χ2n) is 4.77. The van der Waals surface area contributed by atoms with Crippen LogP contribution in [0.3, 0.4) is 0 Å². The highest BCUT2D eigenvalue weighted by atomic mass is 19.1. The molecule has 1 N–H and O–H groups in total. The fraction of sp³-hybridized carbons (Fsp3) is 0.400. The first-order valence-corrected chi connectivity index (χ1v) is 6.59. The number of aliphatic carboxylic acids is 1. The Morgan fingerprint density at radius 2 is 2.26 bits per heavy atom. The van der Waals surface area contributed by atoms with Gasteiger partial charge in [0.15, 0.2) is 0 Å². The molecule has 1 aromatic carbocycles. The van der Waals surface area contributed by atoms with E-state index in [2.05, 4.69) is 11.8 Å². The van der Waals surface area contributed by atoms with Crippen molar-refractivity contribution in [3.8, 4) is 0 Å². The van der Waals surface area contributed by atoms with Crippen LogP contribution in [0.4, 0.5) is 10.1 Å². The van der Waals surface area contributed by atoms with Gasteiger partial charge in [-0.1, -0.05) is 13.0 Å². The molecule has 1 aromatic rings. The number of benzene rings is 1. The van der Waals surface area contributed by atoms with Crippen molar-refractivity contribution in [2.24, 2.45) is 0 Å². The molecule has 0 bridgehead atoms. The van der Waals surface area contributed by atoms with Crippen molar-refractivity contribution in [1.29, 1.82) is 0 Å². The van der Waals surface area contributed by atoms with Crippen LogP contribution in [0, 0.1) is 5.82 Å². The Morgan fingerprint density at radius 1 is 1.53 bits per heavy atom. The van der Waals surface area contributed by atoms with Gasteiger partial charge in [-0.25, -0.2) is 9.18 Å². The summed E-state index contributed by atoms with van der Waals surface area (Å²) in [7, 11) is 0. The van der Waals surface area contributed by atoms with E-state index in [9.17, 15) is 9.18 Å². The Morgan fingerprint density at radius 3 is 2.84 bits per heavy atom. The van der Waals surface area contributed by atoms with Crippen LogP contribution in [0.1, 0.15) is 31.7 Å². The minimum absolute atomic E-state index is 0.366. The summed E-state index contributed by atoms with van der Waals surface area (Å²) in [6.45, 7) is 2.95. The maximum Gasteiger partial charge on any atom is 0.328 e. The number of anilines is 1. The van der Waals surface area contributed by atoms with Crippen LogP contribution < -0.4 is 4.90 Å². The average Bonchev–Trinajstić information content (AvgIpc) is 3.18. The van der Waals surface area contributed by atoms with Crippen LogP contribution in [-0.2, 0) is 4.79 Å². The molecule has 0 aromatic heterocycles. The first-order chi connectivity index (χ1) is 9.13. The van der Waals surface area contributed by atoms with Gasteiger partial charge < -0.3 is 10.0 Å². The highest BCUT2D eigenvalue weighted by molar-refractivity contribution is 5.87. The molecule has 0 amide bonds. The van der Waals surface area contributed by atoms with Gasteiger partial charge in [-0.15, -0.1) is 0 Å². The fourth-order valence-electron chi connectivity index (χ4n) is 2.22. The summed E-state index contributed by atoms with van der Waals surface area (Å²) in [5.74, 6) is -1.44. The summed E-state index contributed by atoms with van der Waals surface area (Å²) < 4.78 is 13.9. The third kappa shape index (κ3) is 3.34. The van der Waals surface area contributed by atoms with E-state index in [0.29, 0.717) is 11.6 Å². The van der Waals surface area contributed by atoms with Crippen molar-refractivity contribution in [2.75, 3.05) is 11.4 Å². The molecule has 19 heavy (non-hydrogen) atoms. The van der Waals surface area contributed by atoms with Crippen LogP contribution in [0.2, 0.25) is 0 Å². The zero-order valence-corrected chi connectivity index (χ0v) is 11.0. The van der Waals surface area contributed by atoms with Crippen molar-refractivity contribution < 1.29 is 14.3 Å². The monoisotopic (exact) mass is 263 g/mol. The molecule has 0 radical (unpaired) electrons. The Labute approximate surface area is 112 Å². The molecule has 1 aliphatic rings. The summed E-state index contributed by atoms with van der Waals surface area (Å²) in [5.41, 5.74) is 1.16. The molecule has 0 heterocycles. The van der Waals surface area contributed by atoms with E-state index in [-0.39, 0.29) is 5.82 Å². The minimum atomic E-state index is -1.07. The van der Waals surface area contributed by atoms with Gasteiger partial charge in [-0.2, -0.15) is 0 Å². The van der Waals surface area contributed by atoms with Crippen LogP contribution in [0.15, 0.2) is 24.3 Å². The molecule has 1 fully saturated rings. The Bertz CT molecular complexity index is 495. The first-order valence-electron chi connectivity index (χ1n) is 6.59. The molecule has 4 heteroatoms. The van der Waals surface area contributed by atoms with Gasteiger partial charge in [-0.3, -0.25) is 0 Å². The van der Waals surface area contributed by atoms with Crippen LogP contribution in [0.5, 0.6) is 0 Å². The topological polar surface area (TPSA) is 40.5 Å². The summed E-state index contributed by atoms with van der Waals surface area (Å²) in [5, 5.41) is 8.70. The van der Waals surface area contributed by atoms with E-state index >= 15 is 0 Å². The van der Waals surface area contributed by atoms with Crippen molar-refractivity contribution >= 4 is 17.7 Å². The quantitative estimate of drug-likeness (QED) is 0.800. The van der Waals surface area contributed by atoms with Crippen LogP contribution in [-0.4, -0.2) is 23.7 Å². The normalized spacial score (nSPS) is 14.8. The third-order valence-corrected chi connectivity index (χ3v) is 3.18. The van der Waals surface area contributed by atoms with E-state index < -0.39 is 5.97 Å². The van der Waals surface area contributed by atoms with Crippen molar-refractivity contribution in [1.82, 2.24) is 0 Å². The maximum absolute atomic E-state index is 13.9. The van der Waals surface area contributed by atoms with E-state index in [1.54, 1.807) is 6.07 Å². The number of nitrogens with zero attached hydrogens (tertiary/aromatic N) is 1. The highest BCUT2D eigenvalue weighted by Gasteiger charge is 2.30. The van der Waals surface area contributed by atoms with Crippen molar-refractivity contribution in [3.63, 3.8) is 0 Å². The molecule has 0 spiro atoms. The summed E-state index contributed by atoms with van der Waals surface area (Å²) >= 11 is 0. The lowest BCUT2D eigenvalue weighted by Crippen LogP contribution is -2.27. The standard InChI is InChI=1S/C15H18FNO2/c1-2-10-17(11-6-7-11)14-5-3-4-13(16)12(14)8-9-15(18)19/h3-5,8-9,11H,2,6-7,10H2,1H3,(H,18,19)/b9-8+. The minimum Gasteiger partial charge on any atom is -0.478 e. The zero-order valence-electron chi connectivity index (χ0n) is 11.0. The van der Waals surface area contributed by atoms with Gasteiger partial charge >= 0.3 is 5.97 Å². The number of hydrogen-bond donors (Lipinski definition) is 1. The number of rotatable bonds is 6. The predicted octanol–water partition coefficient (Wildman–Crippen LogP) is 3.30. The lowest BCUT2D eigenvalue weighted by Gasteiger charge is -2.26.